The Labute approximate surface area is 113 Å². The van der Waals surface area contributed by atoms with Crippen LogP contribution in [0.3, 0.4) is 0 Å². The van der Waals surface area contributed by atoms with E-state index in [2.05, 4.69) is 16.9 Å². The molecule has 4 heteroatoms. The highest BCUT2D eigenvalue weighted by Crippen LogP contribution is 2.26. The van der Waals surface area contributed by atoms with Crippen LogP contribution in [0.25, 0.3) is 5.69 Å². The number of hydrogen-bond donors (Lipinski definition) is 1. The van der Waals surface area contributed by atoms with Crippen LogP contribution >= 0.6 is 0 Å². The molecule has 0 aliphatic carbocycles. The standard InChI is InChI=1S/C15H20N4/c1-2-9-18-10-8-14-13(11-18)15(16)19(17-14)12-6-4-3-5-7-12/h3-7H,2,8-11,16H2,1H3. The van der Waals surface area contributed by atoms with E-state index in [1.54, 1.807) is 0 Å². The van der Waals surface area contributed by atoms with E-state index in [-0.39, 0.29) is 0 Å². The molecule has 0 saturated heterocycles. The molecule has 2 heterocycles. The van der Waals surface area contributed by atoms with Crippen molar-refractivity contribution in [2.75, 3.05) is 18.8 Å². The van der Waals surface area contributed by atoms with Gasteiger partial charge in [0.2, 0.25) is 0 Å². The van der Waals surface area contributed by atoms with Gasteiger partial charge in [-0.1, -0.05) is 25.1 Å². The molecule has 0 amide bonds. The summed E-state index contributed by atoms with van der Waals surface area (Å²) in [7, 11) is 0. The second-order valence-corrected chi connectivity index (χ2v) is 5.08. The molecule has 100 valence electrons. The Hall–Kier alpha value is -1.81. The number of aromatic nitrogens is 2. The van der Waals surface area contributed by atoms with Crippen LogP contribution in [0.2, 0.25) is 0 Å². The first kappa shape index (κ1) is 12.2. The van der Waals surface area contributed by atoms with Crippen molar-refractivity contribution in [3.8, 4) is 5.69 Å². The van der Waals surface area contributed by atoms with Crippen LogP contribution in [0.15, 0.2) is 30.3 Å². The Bertz CT molecular complexity index is 559. The highest BCUT2D eigenvalue weighted by molar-refractivity contribution is 5.50. The van der Waals surface area contributed by atoms with E-state index < -0.39 is 0 Å². The van der Waals surface area contributed by atoms with Gasteiger partial charge >= 0.3 is 0 Å². The van der Waals surface area contributed by atoms with Gasteiger partial charge in [-0.05, 0) is 25.1 Å². The van der Waals surface area contributed by atoms with Gasteiger partial charge in [-0.25, -0.2) is 4.68 Å². The molecule has 2 aromatic rings. The SMILES string of the molecule is CCCN1CCc2nn(-c3ccccc3)c(N)c2C1. The van der Waals surface area contributed by atoms with Crippen LogP contribution in [0, 0.1) is 0 Å². The maximum atomic E-state index is 6.29. The summed E-state index contributed by atoms with van der Waals surface area (Å²) >= 11 is 0. The van der Waals surface area contributed by atoms with Gasteiger partial charge in [0.05, 0.1) is 11.4 Å². The molecule has 3 rings (SSSR count). The minimum Gasteiger partial charge on any atom is -0.383 e. The van der Waals surface area contributed by atoms with Crippen LogP contribution in [0.4, 0.5) is 5.82 Å². The molecule has 2 N–H and O–H groups in total. The number of anilines is 1. The van der Waals surface area contributed by atoms with Gasteiger partial charge in [-0.15, -0.1) is 0 Å². The van der Waals surface area contributed by atoms with E-state index in [1.807, 2.05) is 35.0 Å². The molecule has 1 aliphatic rings. The Kier molecular flexibility index (Phi) is 3.25. The predicted molar refractivity (Wildman–Crippen MR) is 77.2 cm³/mol. The fraction of sp³-hybridized carbons (Fsp3) is 0.400. The number of para-hydroxylation sites is 1. The maximum Gasteiger partial charge on any atom is 0.132 e. The topological polar surface area (TPSA) is 47.1 Å². The number of nitrogens with zero attached hydrogens (tertiary/aromatic N) is 3. The lowest BCUT2D eigenvalue weighted by Gasteiger charge is -2.25. The Balaban J connectivity index is 1.95. The molecule has 1 aromatic carbocycles. The Morgan fingerprint density at radius 3 is 2.79 bits per heavy atom. The second kappa shape index (κ2) is 5.05. The lowest BCUT2D eigenvalue weighted by Crippen LogP contribution is -2.31. The van der Waals surface area contributed by atoms with Gasteiger partial charge in [0, 0.05) is 25.1 Å². The third-order valence-corrected chi connectivity index (χ3v) is 3.69. The zero-order valence-corrected chi connectivity index (χ0v) is 11.3. The van der Waals surface area contributed by atoms with Crippen molar-refractivity contribution in [3.05, 3.63) is 41.6 Å². The summed E-state index contributed by atoms with van der Waals surface area (Å²) in [6.45, 7) is 5.37. The molecule has 4 nitrogen and oxygen atoms in total. The zero-order chi connectivity index (χ0) is 13.2. The summed E-state index contributed by atoms with van der Waals surface area (Å²) < 4.78 is 1.88. The molecule has 0 bridgehead atoms. The molecule has 0 radical (unpaired) electrons. The van der Waals surface area contributed by atoms with Gasteiger partial charge in [-0.2, -0.15) is 5.10 Å². The highest BCUT2D eigenvalue weighted by atomic mass is 15.3. The third kappa shape index (κ3) is 2.24. The molecule has 0 atom stereocenters. The number of benzene rings is 1. The van der Waals surface area contributed by atoms with Crippen LogP contribution in [-0.2, 0) is 13.0 Å². The summed E-state index contributed by atoms with van der Waals surface area (Å²) in [4.78, 5) is 2.45. The van der Waals surface area contributed by atoms with Crippen molar-refractivity contribution in [2.24, 2.45) is 0 Å². The first-order valence-corrected chi connectivity index (χ1v) is 6.93. The second-order valence-electron chi connectivity index (χ2n) is 5.08. The fourth-order valence-corrected chi connectivity index (χ4v) is 2.72. The van der Waals surface area contributed by atoms with Crippen molar-refractivity contribution in [1.82, 2.24) is 14.7 Å². The van der Waals surface area contributed by atoms with Gasteiger partial charge in [0.25, 0.3) is 0 Å². The number of hydrogen-bond acceptors (Lipinski definition) is 3. The van der Waals surface area contributed by atoms with E-state index in [0.717, 1.165) is 43.3 Å². The van der Waals surface area contributed by atoms with Crippen molar-refractivity contribution >= 4 is 5.82 Å². The largest absolute Gasteiger partial charge is 0.383 e. The summed E-state index contributed by atoms with van der Waals surface area (Å²) in [5.41, 5.74) is 9.70. The molecule has 0 unspecified atom stereocenters. The zero-order valence-electron chi connectivity index (χ0n) is 11.3. The lowest BCUT2D eigenvalue weighted by atomic mass is 10.1. The van der Waals surface area contributed by atoms with Crippen LogP contribution in [0.5, 0.6) is 0 Å². The van der Waals surface area contributed by atoms with Gasteiger partial charge in [0.15, 0.2) is 0 Å². The van der Waals surface area contributed by atoms with E-state index in [4.69, 9.17) is 5.73 Å². The monoisotopic (exact) mass is 256 g/mol. The van der Waals surface area contributed by atoms with Crippen molar-refractivity contribution in [2.45, 2.75) is 26.3 Å². The average Bonchev–Trinajstić information content (AvgIpc) is 2.78. The molecule has 0 spiro atoms. The molecule has 1 aliphatic heterocycles. The summed E-state index contributed by atoms with van der Waals surface area (Å²) in [5.74, 6) is 0.794. The minimum atomic E-state index is 0.794. The first-order valence-electron chi connectivity index (χ1n) is 6.93. The fourth-order valence-electron chi connectivity index (χ4n) is 2.72. The van der Waals surface area contributed by atoms with Crippen LogP contribution in [0.1, 0.15) is 24.6 Å². The third-order valence-electron chi connectivity index (χ3n) is 3.69. The van der Waals surface area contributed by atoms with E-state index in [0.29, 0.717) is 0 Å². The summed E-state index contributed by atoms with van der Waals surface area (Å²) in [6, 6.07) is 10.1. The normalized spacial score (nSPS) is 15.4. The molecular formula is C15H20N4. The van der Waals surface area contributed by atoms with Crippen molar-refractivity contribution in [1.29, 1.82) is 0 Å². The lowest BCUT2D eigenvalue weighted by molar-refractivity contribution is 0.254. The van der Waals surface area contributed by atoms with Crippen molar-refractivity contribution < 1.29 is 0 Å². The molecule has 0 fully saturated rings. The minimum absolute atomic E-state index is 0.794. The average molecular weight is 256 g/mol. The molecule has 0 saturated carbocycles. The van der Waals surface area contributed by atoms with E-state index in [9.17, 15) is 0 Å². The quantitative estimate of drug-likeness (QED) is 0.916. The highest BCUT2D eigenvalue weighted by Gasteiger charge is 2.23. The Morgan fingerprint density at radius 1 is 1.26 bits per heavy atom. The summed E-state index contributed by atoms with van der Waals surface area (Å²) in [6.07, 6.45) is 2.18. The van der Waals surface area contributed by atoms with Crippen molar-refractivity contribution in [3.63, 3.8) is 0 Å². The smallest absolute Gasteiger partial charge is 0.132 e. The predicted octanol–water partition coefficient (Wildman–Crippen LogP) is 2.22. The number of nitrogen functional groups attached to an aromatic ring is 1. The van der Waals surface area contributed by atoms with Crippen LogP contribution < -0.4 is 5.73 Å². The van der Waals surface area contributed by atoms with Gasteiger partial charge < -0.3 is 5.73 Å². The number of fused-ring (bicyclic) bond motifs is 1. The van der Waals surface area contributed by atoms with E-state index >= 15 is 0 Å². The number of nitrogens with two attached hydrogens (primary N) is 1. The Morgan fingerprint density at radius 2 is 2.05 bits per heavy atom. The van der Waals surface area contributed by atoms with Gasteiger partial charge in [-0.3, -0.25) is 4.90 Å². The maximum absolute atomic E-state index is 6.29. The van der Waals surface area contributed by atoms with Gasteiger partial charge in [0.1, 0.15) is 5.82 Å². The molecular weight excluding hydrogens is 236 g/mol. The molecule has 1 aromatic heterocycles. The van der Waals surface area contributed by atoms with E-state index in [1.165, 1.54) is 12.0 Å². The van der Waals surface area contributed by atoms with Crippen LogP contribution in [-0.4, -0.2) is 27.8 Å². The first-order chi connectivity index (χ1) is 9.29. The summed E-state index contributed by atoms with van der Waals surface area (Å²) in [5, 5.41) is 4.68. The molecule has 19 heavy (non-hydrogen) atoms. The number of rotatable bonds is 3.